The van der Waals surface area contributed by atoms with E-state index in [0.717, 1.165) is 0 Å². The summed E-state index contributed by atoms with van der Waals surface area (Å²) in [6.45, 7) is 0. The number of alkyl halides is 3. The zero-order valence-electron chi connectivity index (χ0n) is 6.78. The average Bonchev–Trinajstić information content (AvgIpc) is 2.02. The summed E-state index contributed by atoms with van der Waals surface area (Å²) in [6.07, 6.45) is 0.638. The molecule has 76 valence electrons. The van der Waals surface area contributed by atoms with Crippen LogP contribution in [0.15, 0.2) is 30.1 Å². The van der Waals surface area contributed by atoms with Gasteiger partial charge in [0.05, 0.1) is 0 Å². The number of halogens is 5. The Bertz CT molecular complexity index is 355. The Morgan fingerprint density at radius 1 is 1.36 bits per heavy atom. The van der Waals surface area contributed by atoms with Crippen LogP contribution in [0, 0.1) is 0 Å². The van der Waals surface area contributed by atoms with Crippen LogP contribution in [0.2, 0.25) is 5.02 Å². The molecular weight excluding hydrogens is 236 g/mol. The normalized spacial score (nSPS) is 13.1. The summed E-state index contributed by atoms with van der Waals surface area (Å²) in [7, 11) is 0. The SMILES string of the molecule is F/C(=C/c1cccc(Cl)c1)C(F)(F)Cl. The zero-order valence-corrected chi connectivity index (χ0v) is 8.29. The lowest BCUT2D eigenvalue weighted by molar-refractivity contribution is 0.112. The Balaban J connectivity index is 2.98. The molecule has 1 aromatic carbocycles. The van der Waals surface area contributed by atoms with Crippen LogP contribution in [0.25, 0.3) is 6.08 Å². The third-order valence-corrected chi connectivity index (χ3v) is 1.83. The first-order valence-corrected chi connectivity index (χ1v) is 4.35. The van der Waals surface area contributed by atoms with Crippen LogP contribution in [0.3, 0.4) is 0 Å². The third-order valence-electron chi connectivity index (χ3n) is 1.41. The molecule has 0 heterocycles. The van der Waals surface area contributed by atoms with E-state index in [1.165, 1.54) is 18.2 Å². The maximum Gasteiger partial charge on any atom is 0.373 e. The van der Waals surface area contributed by atoms with Crippen molar-refractivity contribution in [1.82, 2.24) is 0 Å². The fourth-order valence-electron chi connectivity index (χ4n) is 0.825. The van der Waals surface area contributed by atoms with E-state index in [1.807, 2.05) is 0 Å². The summed E-state index contributed by atoms with van der Waals surface area (Å²) in [5, 5.41) is -3.63. The molecule has 0 aliphatic heterocycles. The minimum Gasteiger partial charge on any atom is -0.204 e. The fourth-order valence-corrected chi connectivity index (χ4v) is 1.08. The lowest BCUT2D eigenvalue weighted by Gasteiger charge is -2.03. The van der Waals surface area contributed by atoms with Gasteiger partial charge in [-0.2, -0.15) is 8.78 Å². The summed E-state index contributed by atoms with van der Waals surface area (Å²) in [4.78, 5) is 0. The number of rotatable bonds is 2. The van der Waals surface area contributed by atoms with Crippen molar-refractivity contribution in [3.8, 4) is 0 Å². The molecule has 14 heavy (non-hydrogen) atoms. The van der Waals surface area contributed by atoms with Gasteiger partial charge in [-0.05, 0) is 35.4 Å². The minimum absolute atomic E-state index is 0.232. The predicted molar refractivity (Wildman–Crippen MR) is 51.3 cm³/mol. The number of benzene rings is 1. The molecule has 0 N–H and O–H groups in total. The molecule has 0 saturated carbocycles. The monoisotopic (exact) mass is 240 g/mol. The summed E-state index contributed by atoms with van der Waals surface area (Å²) in [5.74, 6) is -1.71. The maximum atomic E-state index is 12.7. The molecule has 0 unspecified atom stereocenters. The number of allylic oxidation sites excluding steroid dienone is 1. The van der Waals surface area contributed by atoms with Crippen molar-refractivity contribution in [2.75, 3.05) is 0 Å². The lowest BCUT2D eigenvalue weighted by atomic mass is 10.2. The molecule has 1 aromatic rings. The van der Waals surface area contributed by atoms with Gasteiger partial charge in [-0.25, -0.2) is 4.39 Å². The summed E-state index contributed by atoms with van der Waals surface area (Å²) >= 11 is 10.0. The van der Waals surface area contributed by atoms with Gasteiger partial charge < -0.3 is 0 Å². The van der Waals surface area contributed by atoms with Crippen LogP contribution in [0.5, 0.6) is 0 Å². The van der Waals surface area contributed by atoms with Gasteiger partial charge in [0, 0.05) is 5.02 Å². The van der Waals surface area contributed by atoms with Gasteiger partial charge in [0.2, 0.25) is 0 Å². The van der Waals surface area contributed by atoms with E-state index in [2.05, 4.69) is 11.6 Å². The van der Waals surface area contributed by atoms with Crippen molar-refractivity contribution in [3.63, 3.8) is 0 Å². The highest BCUT2D eigenvalue weighted by atomic mass is 35.5. The summed E-state index contributed by atoms with van der Waals surface area (Å²) in [6, 6.07) is 5.86. The molecule has 0 aliphatic rings. The highest BCUT2D eigenvalue weighted by Gasteiger charge is 2.31. The zero-order chi connectivity index (χ0) is 10.8. The van der Waals surface area contributed by atoms with Crippen molar-refractivity contribution in [3.05, 3.63) is 40.7 Å². The van der Waals surface area contributed by atoms with E-state index in [-0.39, 0.29) is 5.56 Å². The van der Waals surface area contributed by atoms with Gasteiger partial charge >= 0.3 is 5.38 Å². The van der Waals surface area contributed by atoms with Crippen molar-refractivity contribution in [2.45, 2.75) is 5.38 Å². The molecule has 0 fully saturated rings. The molecule has 0 amide bonds. The van der Waals surface area contributed by atoms with E-state index in [0.29, 0.717) is 11.1 Å². The predicted octanol–water partition coefficient (Wildman–Crippen LogP) is 4.48. The van der Waals surface area contributed by atoms with Gasteiger partial charge in [0.25, 0.3) is 0 Å². The van der Waals surface area contributed by atoms with Gasteiger partial charge in [-0.3, -0.25) is 0 Å². The Labute approximate surface area is 88.9 Å². The van der Waals surface area contributed by atoms with Crippen molar-refractivity contribution < 1.29 is 13.2 Å². The highest BCUT2D eigenvalue weighted by Crippen LogP contribution is 2.31. The van der Waals surface area contributed by atoms with Crippen LogP contribution in [-0.4, -0.2) is 5.38 Å². The molecule has 0 radical (unpaired) electrons. The Morgan fingerprint density at radius 2 is 2.00 bits per heavy atom. The largest absolute Gasteiger partial charge is 0.373 e. The van der Waals surface area contributed by atoms with Crippen molar-refractivity contribution >= 4 is 29.3 Å². The van der Waals surface area contributed by atoms with E-state index in [9.17, 15) is 13.2 Å². The molecule has 0 saturated heterocycles. The van der Waals surface area contributed by atoms with Gasteiger partial charge in [0.1, 0.15) is 0 Å². The fraction of sp³-hybridized carbons (Fsp3) is 0.111. The van der Waals surface area contributed by atoms with Crippen molar-refractivity contribution in [2.24, 2.45) is 0 Å². The van der Waals surface area contributed by atoms with Crippen LogP contribution in [0.4, 0.5) is 13.2 Å². The van der Waals surface area contributed by atoms with Crippen LogP contribution in [0.1, 0.15) is 5.56 Å². The summed E-state index contributed by atoms with van der Waals surface area (Å²) < 4.78 is 37.0. The van der Waals surface area contributed by atoms with E-state index >= 15 is 0 Å². The van der Waals surface area contributed by atoms with E-state index < -0.39 is 11.2 Å². The lowest BCUT2D eigenvalue weighted by Crippen LogP contribution is -2.05. The molecular formula is C9H5Cl2F3. The van der Waals surface area contributed by atoms with Crippen LogP contribution >= 0.6 is 23.2 Å². The molecule has 0 atom stereocenters. The van der Waals surface area contributed by atoms with E-state index in [1.54, 1.807) is 6.07 Å². The third kappa shape index (κ3) is 3.24. The minimum atomic E-state index is -3.97. The molecule has 0 nitrogen and oxygen atoms in total. The Hall–Kier alpha value is -0.670. The Kier molecular flexibility index (Phi) is 3.45. The van der Waals surface area contributed by atoms with Gasteiger partial charge in [-0.1, -0.05) is 23.7 Å². The Morgan fingerprint density at radius 3 is 2.50 bits per heavy atom. The number of hydrogen-bond donors (Lipinski definition) is 0. The first-order valence-electron chi connectivity index (χ1n) is 3.59. The molecule has 0 bridgehead atoms. The maximum absolute atomic E-state index is 12.7. The number of hydrogen-bond acceptors (Lipinski definition) is 0. The first kappa shape index (κ1) is 11.4. The molecule has 0 aromatic heterocycles. The van der Waals surface area contributed by atoms with Crippen LogP contribution < -0.4 is 0 Å². The van der Waals surface area contributed by atoms with E-state index in [4.69, 9.17) is 11.6 Å². The molecule has 0 spiro atoms. The second-order valence-corrected chi connectivity index (χ2v) is 3.46. The highest BCUT2D eigenvalue weighted by molar-refractivity contribution is 6.30. The van der Waals surface area contributed by atoms with Gasteiger partial charge in [0.15, 0.2) is 5.83 Å². The molecule has 1 rings (SSSR count). The second kappa shape index (κ2) is 4.24. The quantitative estimate of drug-likeness (QED) is 0.669. The van der Waals surface area contributed by atoms with Gasteiger partial charge in [-0.15, -0.1) is 0 Å². The molecule has 5 heteroatoms. The summed E-state index contributed by atoms with van der Waals surface area (Å²) in [5.41, 5.74) is 0.232. The first-order chi connectivity index (χ1) is 6.39. The second-order valence-electron chi connectivity index (χ2n) is 2.55. The molecule has 0 aliphatic carbocycles. The van der Waals surface area contributed by atoms with Crippen molar-refractivity contribution in [1.29, 1.82) is 0 Å². The average molecular weight is 241 g/mol. The smallest absolute Gasteiger partial charge is 0.204 e. The topological polar surface area (TPSA) is 0 Å². The standard InChI is InChI=1S/C9H5Cl2F3/c10-7-3-1-2-6(4-7)5-8(12)9(11,13)14/h1-5H/b8-5+. The van der Waals surface area contributed by atoms with Crippen LogP contribution in [-0.2, 0) is 0 Å².